The number of rotatable bonds is 6. The molecule has 1 rings (SSSR count). The molecule has 15 heavy (non-hydrogen) atoms. The van der Waals surface area contributed by atoms with E-state index in [0.717, 1.165) is 12.8 Å². The van der Waals surface area contributed by atoms with Gasteiger partial charge in [0.2, 0.25) is 0 Å². The van der Waals surface area contributed by atoms with Crippen molar-refractivity contribution in [1.29, 1.82) is 0 Å². The number of nitrogens with two attached hydrogens (primary N) is 1. The second-order valence-electron chi connectivity index (χ2n) is 4.77. The molecule has 6 heteroatoms. The van der Waals surface area contributed by atoms with E-state index in [2.05, 4.69) is 9.44 Å². The summed E-state index contributed by atoms with van der Waals surface area (Å²) in [6, 6.07) is -0.108. The van der Waals surface area contributed by atoms with E-state index in [1.54, 1.807) is 13.8 Å². The van der Waals surface area contributed by atoms with Gasteiger partial charge in [0.15, 0.2) is 0 Å². The van der Waals surface area contributed by atoms with Crippen LogP contribution in [0, 0.1) is 5.92 Å². The summed E-state index contributed by atoms with van der Waals surface area (Å²) in [5.74, 6) is 0.381. The Morgan fingerprint density at radius 2 is 2.00 bits per heavy atom. The average molecular weight is 235 g/mol. The average Bonchev–Trinajstić information content (AvgIpc) is 2.82. The zero-order valence-corrected chi connectivity index (χ0v) is 10.4. The molecule has 1 unspecified atom stereocenters. The van der Waals surface area contributed by atoms with Gasteiger partial charge in [0.1, 0.15) is 0 Å². The fourth-order valence-corrected chi connectivity index (χ4v) is 3.20. The highest BCUT2D eigenvalue weighted by atomic mass is 32.2. The first-order chi connectivity index (χ1) is 6.79. The fourth-order valence-electron chi connectivity index (χ4n) is 1.66. The van der Waals surface area contributed by atoms with Gasteiger partial charge >= 0.3 is 0 Å². The summed E-state index contributed by atoms with van der Waals surface area (Å²) in [6.07, 6.45) is 2.11. The molecule has 1 saturated carbocycles. The first-order valence-corrected chi connectivity index (χ1v) is 6.79. The minimum Gasteiger partial charge on any atom is -0.329 e. The Morgan fingerprint density at radius 1 is 1.47 bits per heavy atom. The molecule has 0 bridgehead atoms. The van der Waals surface area contributed by atoms with Crippen LogP contribution in [0.1, 0.15) is 33.6 Å². The molecule has 0 amide bonds. The molecule has 1 fully saturated rings. The Hall–Kier alpha value is -0.170. The van der Waals surface area contributed by atoms with Crippen molar-refractivity contribution in [2.24, 2.45) is 11.7 Å². The molecule has 0 saturated heterocycles. The van der Waals surface area contributed by atoms with Crippen LogP contribution in [0.4, 0.5) is 0 Å². The molecule has 5 nitrogen and oxygen atoms in total. The quantitative estimate of drug-likeness (QED) is 0.603. The Morgan fingerprint density at radius 3 is 2.33 bits per heavy atom. The molecule has 0 aliphatic heterocycles. The van der Waals surface area contributed by atoms with E-state index in [0.29, 0.717) is 12.5 Å². The lowest BCUT2D eigenvalue weighted by Crippen LogP contribution is -2.56. The van der Waals surface area contributed by atoms with E-state index in [-0.39, 0.29) is 6.04 Å². The van der Waals surface area contributed by atoms with E-state index in [1.165, 1.54) is 0 Å². The summed E-state index contributed by atoms with van der Waals surface area (Å²) in [4.78, 5) is 0. The van der Waals surface area contributed by atoms with Crippen molar-refractivity contribution in [3.8, 4) is 0 Å². The molecule has 4 N–H and O–H groups in total. The van der Waals surface area contributed by atoms with Gasteiger partial charge in [-0.25, -0.2) is 0 Å². The molecule has 0 aromatic carbocycles. The third-order valence-corrected chi connectivity index (χ3v) is 4.18. The minimum absolute atomic E-state index is 0.108. The van der Waals surface area contributed by atoms with Crippen molar-refractivity contribution in [2.45, 2.75) is 45.2 Å². The van der Waals surface area contributed by atoms with E-state index < -0.39 is 15.7 Å². The van der Waals surface area contributed by atoms with Crippen LogP contribution in [-0.4, -0.2) is 26.5 Å². The Labute approximate surface area is 92.0 Å². The van der Waals surface area contributed by atoms with Crippen molar-refractivity contribution < 1.29 is 8.42 Å². The molecule has 0 aromatic rings. The Kier molecular flexibility index (Phi) is 3.76. The lowest BCUT2D eigenvalue weighted by molar-refractivity contribution is 0.370. The van der Waals surface area contributed by atoms with E-state index >= 15 is 0 Å². The molecular formula is C9H21N3O2S. The third kappa shape index (κ3) is 3.71. The van der Waals surface area contributed by atoms with Gasteiger partial charge in [0, 0.05) is 18.1 Å². The third-order valence-electron chi connectivity index (χ3n) is 2.66. The van der Waals surface area contributed by atoms with Crippen LogP contribution < -0.4 is 15.2 Å². The van der Waals surface area contributed by atoms with Gasteiger partial charge in [0.25, 0.3) is 10.2 Å². The smallest absolute Gasteiger partial charge is 0.277 e. The lowest BCUT2D eigenvalue weighted by atomic mass is 9.98. The monoisotopic (exact) mass is 235 g/mol. The van der Waals surface area contributed by atoms with Gasteiger partial charge in [-0.2, -0.15) is 17.9 Å². The topological polar surface area (TPSA) is 84.2 Å². The van der Waals surface area contributed by atoms with Gasteiger partial charge < -0.3 is 5.73 Å². The van der Waals surface area contributed by atoms with Crippen LogP contribution in [-0.2, 0) is 10.2 Å². The van der Waals surface area contributed by atoms with Crippen LogP contribution >= 0.6 is 0 Å². The van der Waals surface area contributed by atoms with Crippen LogP contribution in [0.5, 0.6) is 0 Å². The summed E-state index contributed by atoms with van der Waals surface area (Å²) >= 11 is 0. The molecule has 90 valence electrons. The Balaban J connectivity index is 2.65. The first-order valence-electron chi connectivity index (χ1n) is 5.30. The minimum atomic E-state index is -3.44. The van der Waals surface area contributed by atoms with Crippen LogP contribution in [0.15, 0.2) is 0 Å². The second kappa shape index (κ2) is 4.37. The molecule has 0 heterocycles. The summed E-state index contributed by atoms with van der Waals surface area (Å²) in [5.41, 5.74) is 5.13. The number of hydrogen-bond donors (Lipinski definition) is 3. The highest BCUT2D eigenvalue weighted by molar-refractivity contribution is 7.87. The van der Waals surface area contributed by atoms with Crippen molar-refractivity contribution in [3.05, 3.63) is 0 Å². The van der Waals surface area contributed by atoms with Gasteiger partial charge in [-0.05, 0) is 39.5 Å². The SMILES string of the molecule is CC(C)NS(=O)(=O)NC(C)(CN)C1CC1. The molecule has 1 aliphatic carbocycles. The van der Waals surface area contributed by atoms with Gasteiger partial charge in [-0.3, -0.25) is 0 Å². The summed E-state index contributed by atoms with van der Waals surface area (Å²) in [5, 5.41) is 0. The predicted molar refractivity (Wildman–Crippen MR) is 60.5 cm³/mol. The standard InChI is InChI=1S/C9H21N3O2S/c1-7(2)11-15(13,14)12-9(3,6-10)8-4-5-8/h7-8,11-12H,4-6,10H2,1-3H3. The highest BCUT2D eigenvalue weighted by Crippen LogP contribution is 2.39. The van der Waals surface area contributed by atoms with Crippen molar-refractivity contribution >= 4 is 10.2 Å². The summed E-state index contributed by atoms with van der Waals surface area (Å²) in [6.45, 7) is 5.77. The number of hydrogen-bond acceptors (Lipinski definition) is 3. The largest absolute Gasteiger partial charge is 0.329 e. The molecule has 1 aliphatic rings. The molecular weight excluding hydrogens is 214 g/mol. The van der Waals surface area contributed by atoms with Crippen molar-refractivity contribution in [3.63, 3.8) is 0 Å². The van der Waals surface area contributed by atoms with Crippen LogP contribution in [0.25, 0.3) is 0 Å². The zero-order valence-electron chi connectivity index (χ0n) is 9.58. The first kappa shape index (κ1) is 12.9. The highest BCUT2D eigenvalue weighted by Gasteiger charge is 2.43. The van der Waals surface area contributed by atoms with E-state index in [4.69, 9.17) is 5.73 Å². The molecule has 1 atom stereocenters. The zero-order chi connectivity index (χ0) is 11.7. The maximum Gasteiger partial charge on any atom is 0.277 e. The van der Waals surface area contributed by atoms with E-state index in [1.807, 2.05) is 6.92 Å². The van der Waals surface area contributed by atoms with Gasteiger partial charge in [-0.15, -0.1) is 0 Å². The summed E-state index contributed by atoms with van der Waals surface area (Å²) < 4.78 is 28.5. The van der Waals surface area contributed by atoms with E-state index in [9.17, 15) is 8.42 Å². The van der Waals surface area contributed by atoms with Crippen LogP contribution in [0.2, 0.25) is 0 Å². The second-order valence-corrected chi connectivity index (χ2v) is 6.22. The van der Waals surface area contributed by atoms with Gasteiger partial charge in [0.05, 0.1) is 0 Å². The van der Waals surface area contributed by atoms with Crippen molar-refractivity contribution in [2.75, 3.05) is 6.54 Å². The predicted octanol–water partition coefficient (Wildman–Crippen LogP) is -0.0538. The fraction of sp³-hybridized carbons (Fsp3) is 1.00. The molecule has 0 radical (unpaired) electrons. The number of nitrogens with one attached hydrogen (secondary N) is 2. The normalized spacial score (nSPS) is 21.7. The van der Waals surface area contributed by atoms with Gasteiger partial charge in [-0.1, -0.05) is 0 Å². The lowest BCUT2D eigenvalue weighted by Gasteiger charge is -2.29. The Bertz CT molecular complexity index is 311. The molecule has 0 spiro atoms. The van der Waals surface area contributed by atoms with Crippen molar-refractivity contribution in [1.82, 2.24) is 9.44 Å². The van der Waals surface area contributed by atoms with Crippen LogP contribution in [0.3, 0.4) is 0 Å². The maximum absolute atomic E-state index is 11.7. The summed E-state index contributed by atoms with van der Waals surface area (Å²) in [7, 11) is -3.44. The maximum atomic E-state index is 11.7. The molecule has 0 aromatic heterocycles.